The van der Waals surface area contributed by atoms with Crippen molar-refractivity contribution < 1.29 is 19.4 Å². The highest BCUT2D eigenvalue weighted by molar-refractivity contribution is 5.80. The van der Waals surface area contributed by atoms with E-state index in [1.54, 1.807) is 7.11 Å². The fourth-order valence-electron chi connectivity index (χ4n) is 1.86. The van der Waals surface area contributed by atoms with Crippen LogP contribution in [-0.4, -0.2) is 36.2 Å². The Balaban J connectivity index is 2.40. The second-order valence-corrected chi connectivity index (χ2v) is 5.36. The number of hydrogen-bond acceptors (Lipinski definition) is 3. The van der Waals surface area contributed by atoms with E-state index in [-0.39, 0.29) is 18.9 Å². The topological polar surface area (TPSA) is 75.6 Å². The van der Waals surface area contributed by atoms with Crippen LogP contribution in [0.15, 0.2) is 0 Å². The smallest absolute Gasteiger partial charge is 0.311 e. The maximum absolute atomic E-state index is 11.6. The summed E-state index contributed by atoms with van der Waals surface area (Å²) in [6.07, 6.45) is 2.46. The van der Waals surface area contributed by atoms with E-state index < -0.39 is 17.0 Å². The summed E-state index contributed by atoms with van der Waals surface area (Å²) in [4.78, 5) is 22.7. The van der Waals surface area contributed by atoms with Crippen LogP contribution in [0.4, 0.5) is 0 Å². The normalized spacial score (nSPS) is 18.3. The molecule has 5 heteroatoms. The van der Waals surface area contributed by atoms with Crippen LogP contribution >= 0.6 is 0 Å². The van der Waals surface area contributed by atoms with Crippen molar-refractivity contribution in [3.8, 4) is 0 Å². The van der Waals surface area contributed by atoms with Crippen LogP contribution < -0.4 is 5.32 Å². The van der Waals surface area contributed by atoms with Crippen LogP contribution in [0.1, 0.15) is 39.5 Å². The molecule has 5 nitrogen and oxygen atoms in total. The zero-order valence-electron chi connectivity index (χ0n) is 10.7. The van der Waals surface area contributed by atoms with Gasteiger partial charge in [-0.15, -0.1) is 0 Å². The Morgan fingerprint density at radius 2 is 2.00 bits per heavy atom. The lowest BCUT2D eigenvalue weighted by molar-refractivity contribution is -0.154. The van der Waals surface area contributed by atoms with Crippen molar-refractivity contribution in [1.82, 2.24) is 5.32 Å². The molecule has 17 heavy (non-hydrogen) atoms. The van der Waals surface area contributed by atoms with Gasteiger partial charge in [-0.05, 0) is 26.7 Å². The first-order valence-electron chi connectivity index (χ1n) is 5.87. The highest BCUT2D eigenvalue weighted by Crippen LogP contribution is 2.40. The molecule has 0 aromatic heterocycles. The Labute approximate surface area is 102 Å². The van der Waals surface area contributed by atoms with Gasteiger partial charge in [0.25, 0.3) is 0 Å². The van der Waals surface area contributed by atoms with Gasteiger partial charge < -0.3 is 15.2 Å². The lowest BCUT2D eigenvalue weighted by atomic mass is 9.69. The lowest BCUT2D eigenvalue weighted by Gasteiger charge is -2.37. The van der Waals surface area contributed by atoms with Crippen LogP contribution in [0.3, 0.4) is 0 Å². The number of methoxy groups -OCH3 is 1. The summed E-state index contributed by atoms with van der Waals surface area (Å²) < 4.78 is 5.15. The van der Waals surface area contributed by atoms with E-state index in [0.29, 0.717) is 12.8 Å². The molecule has 0 radical (unpaired) electrons. The van der Waals surface area contributed by atoms with Crippen LogP contribution in [0.2, 0.25) is 0 Å². The largest absolute Gasteiger partial charge is 0.481 e. The number of ether oxygens (including phenoxy) is 1. The number of amides is 1. The van der Waals surface area contributed by atoms with E-state index in [2.05, 4.69) is 5.32 Å². The SMILES string of the molecule is COC(C)(C)CC(=O)NCC1(C(=O)O)CCC1. The third-order valence-corrected chi connectivity index (χ3v) is 3.53. The number of carbonyl (C=O) groups is 2. The number of nitrogens with one attached hydrogen (secondary N) is 1. The zero-order chi connectivity index (χ0) is 13.1. The van der Waals surface area contributed by atoms with E-state index in [0.717, 1.165) is 6.42 Å². The van der Waals surface area contributed by atoms with E-state index >= 15 is 0 Å². The van der Waals surface area contributed by atoms with Gasteiger partial charge in [0.05, 0.1) is 17.4 Å². The van der Waals surface area contributed by atoms with Gasteiger partial charge in [-0.1, -0.05) is 6.42 Å². The number of carbonyl (C=O) groups excluding carboxylic acids is 1. The fraction of sp³-hybridized carbons (Fsp3) is 0.833. The molecule has 0 bridgehead atoms. The molecule has 0 aliphatic heterocycles. The number of carboxylic acids is 1. The molecule has 1 rings (SSSR count). The first kappa shape index (κ1) is 14.0. The predicted molar refractivity (Wildman–Crippen MR) is 62.6 cm³/mol. The summed E-state index contributed by atoms with van der Waals surface area (Å²) in [6.45, 7) is 3.87. The highest BCUT2D eigenvalue weighted by atomic mass is 16.5. The summed E-state index contributed by atoms with van der Waals surface area (Å²) in [5, 5.41) is 11.8. The maximum Gasteiger partial charge on any atom is 0.311 e. The molecule has 1 aliphatic carbocycles. The third-order valence-electron chi connectivity index (χ3n) is 3.53. The quantitative estimate of drug-likeness (QED) is 0.734. The summed E-state index contributed by atoms with van der Waals surface area (Å²) in [6, 6.07) is 0. The molecular weight excluding hydrogens is 222 g/mol. The summed E-state index contributed by atoms with van der Waals surface area (Å²) in [5.74, 6) is -0.973. The standard InChI is InChI=1S/C12H21NO4/c1-11(2,17-3)7-9(14)13-8-12(10(15)16)5-4-6-12/h4-8H2,1-3H3,(H,13,14)(H,15,16). The molecule has 0 unspecified atom stereocenters. The Bertz CT molecular complexity index is 308. The van der Waals surface area contributed by atoms with Crippen LogP contribution in [-0.2, 0) is 14.3 Å². The number of carboxylic acid groups (broad SMARTS) is 1. The second kappa shape index (κ2) is 5.04. The van der Waals surface area contributed by atoms with Crippen molar-refractivity contribution in [1.29, 1.82) is 0 Å². The van der Waals surface area contributed by atoms with Crippen molar-refractivity contribution in [3.63, 3.8) is 0 Å². The van der Waals surface area contributed by atoms with E-state index in [1.165, 1.54) is 0 Å². The fourth-order valence-corrected chi connectivity index (χ4v) is 1.86. The molecule has 1 amide bonds. The second-order valence-electron chi connectivity index (χ2n) is 5.36. The Hall–Kier alpha value is -1.10. The molecule has 98 valence electrons. The minimum atomic E-state index is -0.810. The van der Waals surface area contributed by atoms with Gasteiger partial charge in [0.1, 0.15) is 0 Å². The van der Waals surface area contributed by atoms with Gasteiger partial charge in [0.15, 0.2) is 0 Å². The molecule has 1 saturated carbocycles. The van der Waals surface area contributed by atoms with Crippen molar-refractivity contribution in [2.45, 2.75) is 45.1 Å². The first-order chi connectivity index (χ1) is 7.81. The number of hydrogen-bond donors (Lipinski definition) is 2. The molecule has 1 fully saturated rings. The molecule has 0 aromatic carbocycles. The van der Waals surface area contributed by atoms with Crippen LogP contribution in [0.25, 0.3) is 0 Å². The Morgan fingerprint density at radius 3 is 2.35 bits per heavy atom. The number of rotatable bonds is 6. The lowest BCUT2D eigenvalue weighted by Crippen LogP contribution is -2.48. The van der Waals surface area contributed by atoms with Gasteiger partial charge in [-0.3, -0.25) is 9.59 Å². The predicted octanol–water partition coefficient (Wildman–Crippen LogP) is 1.17. The van der Waals surface area contributed by atoms with E-state index in [1.807, 2.05) is 13.8 Å². The Kier molecular flexibility index (Phi) is 4.14. The molecule has 1 aliphatic rings. The highest BCUT2D eigenvalue weighted by Gasteiger charge is 2.44. The van der Waals surface area contributed by atoms with Crippen LogP contribution in [0, 0.1) is 5.41 Å². The minimum absolute atomic E-state index is 0.163. The molecule has 0 saturated heterocycles. The Morgan fingerprint density at radius 1 is 1.41 bits per heavy atom. The third kappa shape index (κ3) is 3.43. The molecule has 0 spiro atoms. The average Bonchev–Trinajstić information content (AvgIpc) is 2.14. The monoisotopic (exact) mass is 243 g/mol. The average molecular weight is 243 g/mol. The number of aliphatic carboxylic acids is 1. The molecule has 2 N–H and O–H groups in total. The van der Waals surface area contributed by atoms with Gasteiger partial charge in [0.2, 0.25) is 5.91 Å². The maximum atomic E-state index is 11.6. The van der Waals surface area contributed by atoms with Gasteiger partial charge >= 0.3 is 5.97 Å². The molecular formula is C12H21NO4. The van der Waals surface area contributed by atoms with Crippen molar-refractivity contribution in [2.75, 3.05) is 13.7 Å². The van der Waals surface area contributed by atoms with Crippen molar-refractivity contribution in [3.05, 3.63) is 0 Å². The summed E-state index contributed by atoms with van der Waals surface area (Å²) >= 11 is 0. The summed E-state index contributed by atoms with van der Waals surface area (Å²) in [5.41, 5.74) is -1.24. The zero-order valence-corrected chi connectivity index (χ0v) is 10.7. The van der Waals surface area contributed by atoms with Gasteiger partial charge in [0, 0.05) is 13.7 Å². The summed E-state index contributed by atoms with van der Waals surface area (Å²) in [7, 11) is 1.55. The first-order valence-corrected chi connectivity index (χ1v) is 5.87. The van der Waals surface area contributed by atoms with Crippen LogP contribution in [0.5, 0.6) is 0 Å². The van der Waals surface area contributed by atoms with Crippen molar-refractivity contribution in [2.24, 2.45) is 5.41 Å². The van der Waals surface area contributed by atoms with E-state index in [9.17, 15) is 9.59 Å². The van der Waals surface area contributed by atoms with Gasteiger partial charge in [-0.2, -0.15) is 0 Å². The van der Waals surface area contributed by atoms with Gasteiger partial charge in [-0.25, -0.2) is 0 Å². The van der Waals surface area contributed by atoms with Crippen molar-refractivity contribution >= 4 is 11.9 Å². The minimum Gasteiger partial charge on any atom is -0.481 e. The molecule has 0 aromatic rings. The van der Waals surface area contributed by atoms with E-state index in [4.69, 9.17) is 9.84 Å². The molecule has 0 atom stereocenters. The molecule has 0 heterocycles.